The van der Waals surface area contributed by atoms with E-state index in [0.29, 0.717) is 52.9 Å². The Hall–Kier alpha value is -0.200. The number of hydrogen-bond donors (Lipinski definition) is 0. The lowest BCUT2D eigenvalue weighted by molar-refractivity contribution is -0.0114. The maximum absolute atomic E-state index is 5.70. The molecule has 0 amide bonds. The molecule has 0 aromatic heterocycles. The molecule has 44 heavy (non-hydrogen) atoms. The number of ether oxygens (including phenoxy) is 5. The van der Waals surface area contributed by atoms with E-state index in [1.165, 1.54) is 173 Å². The third-order valence-electron chi connectivity index (χ3n) is 8.52. The zero-order valence-corrected chi connectivity index (χ0v) is 30.2. The predicted octanol–water partition coefficient (Wildman–Crippen LogP) is 11.6. The highest BCUT2D eigenvalue weighted by Gasteiger charge is 1.97. The highest BCUT2D eigenvalue weighted by molar-refractivity contribution is 4.51. The Morgan fingerprint density at radius 2 is 0.341 bits per heavy atom. The lowest BCUT2D eigenvalue weighted by Gasteiger charge is -2.08. The summed E-state index contributed by atoms with van der Waals surface area (Å²) in [5, 5.41) is 0. The van der Waals surface area contributed by atoms with Crippen molar-refractivity contribution in [2.45, 2.75) is 187 Å². The molecule has 0 bridgehead atoms. The van der Waals surface area contributed by atoms with E-state index in [9.17, 15) is 0 Å². The van der Waals surface area contributed by atoms with Crippen LogP contribution in [0.25, 0.3) is 0 Å². The standard InChI is InChI=1S/C39H80O5/c1-3-5-7-9-11-13-15-16-17-18-19-21-23-25-27-29-31-41-33-35-43-37-39-44-38-36-42-34-32-40-30-28-26-24-22-20-14-12-10-8-6-4-2/h3-39H2,1-2H3. The molecular formula is C39H80O5. The molecule has 0 fully saturated rings. The minimum Gasteiger partial charge on any atom is -0.379 e. The van der Waals surface area contributed by atoms with Gasteiger partial charge in [0.25, 0.3) is 0 Å². The van der Waals surface area contributed by atoms with Crippen molar-refractivity contribution in [3.8, 4) is 0 Å². The van der Waals surface area contributed by atoms with Crippen LogP contribution in [-0.2, 0) is 23.7 Å². The highest BCUT2D eigenvalue weighted by atomic mass is 16.6. The van der Waals surface area contributed by atoms with Gasteiger partial charge in [-0.05, 0) is 12.8 Å². The SMILES string of the molecule is CCCCCCCCCCCCCCCCCCOCCOCCOCCOCCOCCCCCCCCCCCCC. The summed E-state index contributed by atoms with van der Waals surface area (Å²) in [6.45, 7) is 11.4. The van der Waals surface area contributed by atoms with Crippen LogP contribution in [0.5, 0.6) is 0 Å². The van der Waals surface area contributed by atoms with Crippen LogP contribution in [0.15, 0.2) is 0 Å². The molecule has 266 valence electrons. The van der Waals surface area contributed by atoms with Crippen molar-refractivity contribution in [2.24, 2.45) is 0 Å². The second-order valence-electron chi connectivity index (χ2n) is 12.9. The Morgan fingerprint density at radius 1 is 0.182 bits per heavy atom. The van der Waals surface area contributed by atoms with Crippen molar-refractivity contribution in [2.75, 3.05) is 66.1 Å². The molecule has 0 aliphatic heterocycles. The zero-order chi connectivity index (χ0) is 31.7. The van der Waals surface area contributed by atoms with Gasteiger partial charge >= 0.3 is 0 Å². The van der Waals surface area contributed by atoms with Gasteiger partial charge in [0.15, 0.2) is 0 Å². The van der Waals surface area contributed by atoms with Crippen LogP contribution >= 0.6 is 0 Å². The Morgan fingerprint density at radius 3 is 0.545 bits per heavy atom. The fourth-order valence-corrected chi connectivity index (χ4v) is 5.60. The first-order valence-electron chi connectivity index (χ1n) is 19.8. The van der Waals surface area contributed by atoms with Crippen LogP contribution in [0.2, 0.25) is 0 Å². The molecule has 0 N–H and O–H groups in total. The smallest absolute Gasteiger partial charge is 0.0701 e. The summed E-state index contributed by atoms with van der Waals surface area (Å²) in [4.78, 5) is 0. The van der Waals surface area contributed by atoms with Gasteiger partial charge in [0.2, 0.25) is 0 Å². The van der Waals surface area contributed by atoms with E-state index in [0.717, 1.165) is 13.2 Å². The third kappa shape index (κ3) is 41.8. The molecule has 5 heteroatoms. The van der Waals surface area contributed by atoms with Gasteiger partial charge < -0.3 is 23.7 Å². The first-order chi connectivity index (χ1) is 21.9. The molecule has 0 aromatic carbocycles. The fourth-order valence-electron chi connectivity index (χ4n) is 5.60. The normalized spacial score (nSPS) is 11.6. The molecule has 0 rings (SSSR count). The maximum atomic E-state index is 5.70. The monoisotopic (exact) mass is 629 g/mol. The first-order valence-corrected chi connectivity index (χ1v) is 19.8. The van der Waals surface area contributed by atoms with Crippen molar-refractivity contribution in [3.63, 3.8) is 0 Å². The second-order valence-corrected chi connectivity index (χ2v) is 12.9. The topological polar surface area (TPSA) is 46.2 Å². The van der Waals surface area contributed by atoms with Gasteiger partial charge in [-0.3, -0.25) is 0 Å². The number of hydrogen-bond acceptors (Lipinski definition) is 5. The lowest BCUT2D eigenvalue weighted by Crippen LogP contribution is -2.13. The summed E-state index contributed by atoms with van der Waals surface area (Å²) < 4.78 is 28.1. The summed E-state index contributed by atoms with van der Waals surface area (Å²) >= 11 is 0. The van der Waals surface area contributed by atoms with E-state index >= 15 is 0 Å². The molecule has 0 aliphatic rings. The summed E-state index contributed by atoms with van der Waals surface area (Å²) in [6.07, 6.45) is 37.5. The van der Waals surface area contributed by atoms with Gasteiger partial charge in [0.05, 0.1) is 52.9 Å². The molecule has 0 aliphatic carbocycles. The molecule has 0 atom stereocenters. The van der Waals surface area contributed by atoms with Crippen LogP contribution in [-0.4, -0.2) is 66.1 Å². The minimum atomic E-state index is 0.609. The van der Waals surface area contributed by atoms with Crippen molar-refractivity contribution < 1.29 is 23.7 Å². The van der Waals surface area contributed by atoms with Gasteiger partial charge in [-0.1, -0.05) is 174 Å². The molecule has 5 nitrogen and oxygen atoms in total. The highest BCUT2D eigenvalue weighted by Crippen LogP contribution is 2.14. The first kappa shape index (κ1) is 43.8. The van der Waals surface area contributed by atoms with E-state index in [-0.39, 0.29) is 0 Å². The number of unbranched alkanes of at least 4 members (excludes halogenated alkanes) is 25. The molecule has 0 heterocycles. The molecule has 0 saturated carbocycles. The van der Waals surface area contributed by atoms with Gasteiger partial charge in [-0.25, -0.2) is 0 Å². The molecule has 0 radical (unpaired) electrons. The predicted molar refractivity (Wildman–Crippen MR) is 190 cm³/mol. The van der Waals surface area contributed by atoms with Gasteiger partial charge in [-0.15, -0.1) is 0 Å². The summed E-state index contributed by atoms with van der Waals surface area (Å²) in [6, 6.07) is 0. The van der Waals surface area contributed by atoms with Crippen LogP contribution < -0.4 is 0 Å². The lowest BCUT2D eigenvalue weighted by atomic mass is 10.0. The van der Waals surface area contributed by atoms with E-state index in [4.69, 9.17) is 23.7 Å². The van der Waals surface area contributed by atoms with Crippen molar-refractivity contribution in [1.82, 2.24) is 0 Å². The molecule has 0 aromatic rings. The Bertz CT molecular complexity index is 433. The van der Waals surface area contributed by atoms with Crippen LogP contribution in [0.4, 0.5) is 0 Å². The molecule has 0 spiro atoms. The molecule has 0 saturated heterocycles. The maximum Gasteiger partial charge on any atom is 0.0701 e. The average Bonchev–Trinajstić information content (AvgIpc) is 3.04. The third-order valence-corrected chi connectivity index (χ3v) is 8.52. The minimum absolute atomic E-state index is 0.609. The summed E-state index contributed by atoms with van der Waals surface area (Å²) in [7, 11) is 0. The van der Waals surface area contributed by atoms with Crippen molar-refractivity contribution in [3.05, 3.63) is 0 Å². The average molecular weight is 629 g/mol. The van der Waals surface area contributed by atoms with Gasteiger partial charge in [0, 0.05) is 13.2 Å². The quantitative estimate of drug-likeness (QED) is 0.0630. The number of rotatable bonds is 41. The zero-order valence-electron chi connectivity index (χ0n) is 30.2. The van der Waals surface area contributed by atoms with E-state index < -0.39 is 0 Å². The van der Waals surface area contributed by atoms with E-state index in [2.05, 4.69) is 13.8 Å². The van der Waals surface area contributed by atoms with Crippen molar-refractivity contribution >= 4 is 0 Å². The van der Waals surface area contributed by atoms with Gasteiger partial charge in [-0.2, -0.15) is 0 Å². The largest absolute Gasteiger partial charge is 0.379 e. The fraction of sp³-hybridized carbons (Fsp3) is 1.00. The van der Waals surface area contributed by atoms with Crippen molar-refractivity contribution in [1.29, 1.82) is 0 Å². The second kappa shape index (κ2) is 42.8. The summed E-state index contributed by atoms with van der Waals surface area (Å²) in [5.74, 6) is 0. The van der Waals surface area contributed by atoms with Crippen LogP contribution in [0.1, 0.15) is 187 Å². The molecule has 0 unspecified atom stereocenters. The van der Waals surface area contributed by atoms with E-state index in [1.54, 1.807) is 0 Å². The Balaban J connectivity index is 3.03. The van der Waals surface area contributed by atoms with Crippen LogP contribution in [0.3, 0.4) is 0 Å². The van der Waals surface area contributed by atoms with E-state index in [1.807, 2.05) is 0 Å². The Labute approximate surface area is 276 Å². The summed E-state index contributed by atoms with van der Waals surface area (Å²) in [5.41, 5.74) is 0. The van der Waals surface area contributed by atoms with Crippen LogP contribution in [0, 0.1) is 0 Å². The Kier molecular flexibility index (Phi) is 42.6. The van der Waals surface area contributed by atoms with Gasteiger partial charge in [0.1, 0.15) is 0 Å². The molecular weight excluding hydrogens is 548 g/mol.